The van der Waals surface area contributed by atoms with Gasteiger partial charge in [0.25, 0.3) is 5.56 Å². The summed E-state index contributed by atoms with van der Waals surface area (Å²) in [6.07, 6.45) is -0.247. The maximum Gasteiger partial charge on any atom is 0.303 e. The highest BCUT2D eigenvalue weighted by Crippen LogP contribution is 2.21. The molecule has 0 spiro atoms. The van der Waals surface area contributed by atoms with Crippen molar-refractivity contribution in [2.24, 2.45) is 0 Å². The first kappa shape index (κ1) is 13.7. The second kappa shape index (κ2) is 5.52. The first-order valence-corrected chi connectivity index (χ1v) is 5.92. The Morgan fingerprint density at radius 3 is 2.55 bits per heavy atom. The Bertz CT molecular complexity index is 669. The lowest BCUT2D eigenvalue weighted by Gasteiger charge is -2.05. The number of carboxylic acids is 1. The maximum atomic E-state index is 11.7. The van der Waals surface area contributed by atoms with Crippen LogP contribution in [0.25, 0.3) is 5.69 Å². The van der Waals surface area contributed by atoms with Crippen molar-refractivity contribution in [1.82, 2.24) is 9.78 Å². The van der Waals surface area contributed by atoms with Gasteiger partial charge in [-0.25, -0.2) is 4.68 Å². The normalized spacial score (nSPS) is 10.4. The summed E-state index contributed by atoms with van der Waals surface area (Å²) in [5, 5.41) is 21.1. The summed E-state index contributed by atoms with van der Waals surface area (Å²) in [5.41, 5.74) is 0.102. The van der Waals surface area contributed by atoms with Crippen LogP contribution in [0.5, 0.6) is 11.6 Å². The summed E-state index contributed by atoms with van der Waals surface area (Å²) in [6.45, 7) is 0. The van der Waals surface area contributed by atoms with E-state index in [-0.39, 0.29) is 24.3 Å². The molecule has 0 saturated carbocycles. The van der Waals surface area contributed by atoms with Crippen LogP contribution in [-0.2, 0) is 11.2 Å². The number of carboxylic acid groups (broad SMARTS) is 1. The van der Waals surface area contributed by atoms with Crippen LogP contribution < -0.4 is 10.3 Å². The SMILES string of the molecule is COc1ccc(-n2[nH]c(=O)c(CCC(=O)O)c2O)cc1. The molecular weight excluding hydrogens is 264 g/mol. The average molecular weight is 278 g/mol. The topological polar surface area (TPSA) is 105 Å². The van der Waals surface area contributed by atoms with Crippen molar-refractivity contribution in [3.8, 4) is 17.3 Å². The molecule has 0 radical (unpaired) electrons. The fourth-order valence-electron chi connectivity index (χ4n) is 1.83. The molecule has 0 aliphatic carbocycles. The molecule has 3 N–H and O–H groups in total. The number of aromatic amines is 1. The third-order valence-electron chi connectivity index (χ3n) is 2.89. The lowest BCUT2D eigenvalue weighted by atomic mass is 10.2. The minimum Gasteiger partial charge on any atom is -0.497 e. The van der Waals surface area contributed by atoms with Crippen LogP contribution in [0.3, 0.4) is 0 Å². The minimum absolute atomic E-state index is 0.0281. The van der Waals surface area contributed by atoms with Crippen LogP contribution in [0.15, 0.2) is 29.1 Å². The van der Waals surface area contributed by atoms with Crippen molar-refractivity contribution < 1.29 is 19.7 Å². The Labute approximate surface area is 114 Å². The molecule has 1 aromatic heterocycles. The molecule has 2 aromatic rings. The van der Waals surface area contributed by atoms with Crippen molar-refractivity contribution in [1.29, 1.82) is 0 Å². The predicted octanol–water partition coefficient (Wildman–Crippen LogP) is 0.897. The number of aromatic nitrogens is 2. The number of nitrogens with one attached hydrogen (secondary N) is 1. The number of rotatable bonds is 5. The Balaban J connectivity index is 2.35. The van der Waals surface area contributed by atoms with Crippen molar-refractivity contribution in [2.45, 2.75) is 12.8 Å². The molecule has 7 heteroatoms. The zero-order valence-electron chi connectivity index (χ0n) is 10.8. The van der Waals surface area contributed by atoms with E-state index in [1.807, 2.05) is 0 Å². The third kappa shape index (κ3) is 2.66. The molecule has 0 aliphatic rings. The zero-order chi connectivity index (χ0) is 14.7. The Hall–Kier alpha value is -2.70. The van der Waals surface area contributed by atoms with E-state index in [1.54, 1.807) is 24.3 Å². The van der Waals surface area contributed by atoms with Gasteiger partial charge in [-0.2, -0.15) is 0 Å². The molecule has 0 fully saturated rings. The molecule has 0 atom stereocenters. The maximum absolute atomic E-state index is 11.7. The molecule has 0 saturated heterocycles. The summed E-state index contributed by atoms with van der Waals surface area (Å²) in [4.78, 5) is 22.2. The number of aromatic hydroxyl groups is 1. The van der Waals surface area contributed by atoms with Crippen molar-refractivity contribution in [2.75, 3.05) is 7.11 Å². The van der Waals surface area contributed by atoms with Crippen molar-refractivity contribution >= 4 is 5.97 Å². The second-order valence-corrected chi connectivity index (χ2v) is 4.17. The van der Waals surface area contributed by atoms with E-state index >= 15 is 0 Å². The van der Waals surface area contributed by atoms with Gasteiger partial charge >= 0.3 is 5.97 Å². The highest BCUT2D eigenvalue weighted by atomic mass is 16.5. The van der Waals surface area contributed by atoms with Gasteiger partial charge in [-0.3, -0.25) is 14.7 Å². The molecule has 1 aromatic carbocycles. The summed E-state index contributed by atoms with van der Waals surface area (Å²) < 4.78 is 6.23. The molecule has 0 amide bonds. The lowest BCUT2D eigenvalue weighted by molar-refractivity contribution is -0.136. The average Bonchev–Trinajstić information content (AvgIpc) is 2.72. The molecule has 7 nitrogen and oxygen atoms in total. The zero-order valence-corrected chi connectivity index (χ0v) is 10.8. The fourth-order valence-corrected chi connectivity index (χ4v) is 1.83. The standard InChI is InChI=1S/C13H14N2O5/c1-20-9-4-2-8(3-5-9)15-13(19)10(12(18)14-15)6-7-11(16)17/h2-5,19H,6-7H2,1H3,(H,14,18)(H,16,17). The highest BCUT2D eigenvalue weighted by molar-refractivity contribution is 5.67. The van der Waals surface area contributed by atoms with E-state index in [1.165, 1.54) is 11.8 Å². The molecule has 1 heterocycles. The molecule has 0 unspecified atom stereocenters. The summed E-state index contributed by atoms with van der Waals surface area (Å²) in [6, 6.07) is 6.69. The van der Waals surface area contributed by atoms with E-state index in [9.17, 15) is 14.7 Å². The summed E-state index contributed by atoms with van der Waals surface area (Å²) in [5.74, 6) is -0.656. The largest absolute Gasteiger partial charge is 0.497 e. The number of hydrogen-bond acceptors (Lipinski definition) is 4. The second-order valence-electron chi connectivity index (χ2n) is 4.17. The number of ether oxygens (including phenoxy) is 1. The third-order valence-corrected chi connectivity index (χ3v) is 2.89. The van der Waals surface area contributed by atoms with Gasteiger partial charge in [-0.15, -0.1) is 0 Å². The van der Waals surface area contributed by atoms with Crippen molar-refractivity contribution in [3.63, 3.8) is 0 Å². The first-order valence-electron chi connectivity index (χ1n) is 5.92. The van der Waals surface area contributed by atoms with Gasteiger partial charge < -0.3 is 14.9 Å². The Morgan fingerprint density at radius 2 is 2.00 bits per heavy atom. The van der Waals surface area contributed by atoms with Crippen molar-refractivity contribution in [3.05, 3.63) is 40.2 Å². The number of aliphatic carboxylic acids is 1. The molecular formula is C13H14N2O5. The van der Waals surface area contributed by atoms with E-state index in [4.69, 9.17) is 9.84 Å². The van der Waals surface area contributed by atoms with Gasteiger partial charge in [0.2, 0.25) is 5.88 Å². The number of hydrogen-bond donors (Lipinski definition) is 3. The molecule has 106 valence electrons. The highest BCUT2D eigenvalue weighted by Gasteiger charge is 2.16. The quantitative estimate of drug-likeness (QED) is 0.753. The van der Waals surface area contributed by atoms with E-state index in [2.05, 4.69) is 5.10 Å². The van der Waals surface area contributed by atoms with Crippen LogP contribution in [0, 0.1) is 0 Å². The number of carbonyl (C=O) groups is 1. The van der Waals surface area contributed by atoms with Gasteiger partial charge in [0.1, 0.15) is 5.75 Å². The van der Waals surface area contributed by atoms with Crippen LogP contribution in [-0.4, -0.2) is 33.1 Å². The number of methoxy groups -OCH3 is 1. The van der Waals surface area contributed by atoms with Gasteiger partial charge in [-0.05, 0) is 30.7 Å². The van der Waals surface area contributed by atoms with Crippen LogP contribution in [0.1, 0.15) is 12.0 Å². The van der Waals surface area contributed by atoms with Gasteiger partial charge in [-0.1, -0.05) is 0 Å². The lowest BCUT2D eigenvalue weighted by Crippen LogP contribution is -2.09. The Kier molecular flexibility index (Phi) is 3.79. The summed E-state index contributed by atoms with van der Waals surface area (Å²) >= 11 is 0. The number of benzene rings is 1. The van der Waals surface area contributed by atoms with E-state index in [0.29, 0.717) is 11.4 Å². The van der Waals surface area contributed by atoms with Crippen LogP contribution >= 0.6 is 0 Å². The number of nitrogens with zero attached hydrogens (tertiary/aromatic N) is 1. The van der Waals surface area contributed by atoms with E-state index < -0.39 is 11.5 Å². The molecule has 0 bridgehead atoms. The molecule has 2 rings (SSSR count). The van der Waals surface area contributed by atoms with Crippen LogP contribution in [0.4, 0.5) is 0 Å². The smallest absolute Gasteiger partial charge is 0.303 e. The number of H-pyrrole nitrogens is 1. The Morgan fingerprint density at radius 1 is 1.35 bits per heavy atom. The minimum atomic E-state index is -1.03. The summed E-state index contributed by atoms with van der Waals surface area (Å²) in [7, 11) is 1.54. The predicted molar refractivity (Wildman–Crippen MR) is 70.6 cm³/mol. The molecule has 20 heavy (non-hydrogen) atoms. The first-order chi connectivity index (χ1) is 9.52. The fraction of sp³-hybridized carbons (Fsp3) is 0.231. The van der Waals surface area contributed by atoms with Gasteiger partial charge in [0.05, 0.1) is 18.4 Å². The van der Waals surface area contributed by atoms with Gasteiger partial charge in [0, 0.05) is 6.42 Å². The molecule has 0 aliphatic heterocycles. The van der Waals surface area contributed by atoms with Crippen LogP contribution in [0.2, 0.25) is 0 Å². The van der Waals surface area contributed by atoms with Gasteiger partial charge in [0.15, 0.2) is 0 Å². The van der Waals surface area contributed by atoms with E-state index in [0.717, 1.165) is 0 Å². The monoisotopic (exact) mass is 278 g/mol.